The molecule has 0 aromatic carbocycles. The number of aliphatic hydroxyl groups excluding tert-OH is 1. The summed E-state index contributed by atoms with van der Waals surface area (Å²) in [6.07, 6.45) is 4.10. The molecule has 0 heterocycles. The molecule has 2 atom stereocenters. The molecule has 1 amide bonds. The molecule has 1 fully saturated rings. The molecule has 4 heteroatoms. The first-order valence-electron chi connectivity index (χ1n) is 6.51. The summed E-state index contributed by atoms with van der Waals surface area (Å²) in [6, 6.07) is 0. The lowest BCUT2D eigenvalue weighted by atomic mass is 9.80. The molecular weight excluding hydrogens is 216 g/mol. The zero-order valence-electron chi connectivity index (χ0n) is 11.3. The third-order valence-corrected chi connectivity index (χ3v) is 4.09. The molecule has 1 aliphatic rings. The number of hydrogen-bond donors (Lipinski definition) is 2. The van der Waals surface area contributed by atoms with Gasteiger partial charge in [-0.15, -0.1) is 0 Å². The molecule has 0 bridgehead atoms. The zero-order valence-corrected chi connectivity index (χ0v) is 11.3. The SMILES string of the molecule is CN(C(=O)C1CCCC(CN)C1)C(C)(C)CO. The van der Waals surface area contributed by atoms with Gasteiger partial charge in [0, 0.05) is 13.0 Å². The maximum atomic E-state index is 12.3. The number of nitrogens with zero attached hydrogens (tertiary/aromatic N) is 1. The van der Waals surface area contributed by atoms with Crippen LogP contribution >= 0.6 is 0 Å². The van der Waals surface area contributed by atoms with Crippen LogP contribution in [0.5, 0.6) is 0 Å². The Morgan fingerprint density at radius 1 is 1.47 bits per heavy atom. The Balaban J connectivity index is 2.63. The van der Waals surface area contributed by atoms with Gasteiger partial charge in [-0.3, -0.25) is 4.79 Å². The highest BCUT2D eigenvalue weighted by molar-refractivity contribution is 5.79. The van der Waals surface area contributed by atoms with Crippen molar-refractivity contribution >= 4 is 5.91 Å². The highest BCUT2D eigenvalue weighted by Crippen LogP contribution is 2.30. The van der Waals surface area contributed by atoms with E-state index in [1.165, 1.54) is 0 Å². The van der Waals surface area contributed by atoms with E-state index in [-0.39, 0.29) is 18.4 Å². The summed E-state index contributed by atoms with van der Waals surface area (Å²) < 4.78 is 0. The van der Waals surface area contributed by atoms with Crippen LogP contribution in [-0.4, -0.2) is 41.7 Å². The first-order valence-corrected chi connectivity index (χ1v) is 6.51. The maximum Gasteiger partial charge on any atom is 0.225 e. The van der Waals surface area contributed by atoms with Crippen LogP contribution in [0.3, 0.4) is 0 Å². The normalized spacial score (nSPS) is 25.7. The topological polar surface area (TPSA) is 66.6 Å². The fourth-order valence-electron chi connectivity index (χ4n) is 2.41. The molecule has 1 saturated carbocycles. The van der Waals surface area contributed by atoms with Crippen molar-refractivity contribution in [1.29, 1.82) is 0 Å². The van der Waals surface area contributed by atoms with Crippen LogP contribution in [-0.2, 0) is 4.79 Å². The number of likely N-dealkylation sites (N-methyl/N-ethyl adjacent to an activating group) is 1. The highest BCUT2D eigenvalue weighted by atomic mass is 16.3. The van der Waals surface area contributed by atoms with E-state index in [9.17, 15) is 9.90 Å². The van der Waals surface area contributed by atoms with Gasteiger partial charge in [0.15, 0.2) is 0 Å². The summed E-state index contributed by atoms with van der Waals surface area (Å²) in [5.41, 5.74) is 5.21. The fourth-order valence-corrected chi connectivity index (χ4v) is 2.41. The molecule has 1 rings (SSSR count). The largest absolute Gasteiger partial charge is 0.394 e. The van der Waals surface area contributed by atoms with Gasteiger partial charge in [-0.1, -0.05) is 6.42 Å². The molecule has 1 aliphatic carbocycles. The second-order valence-corrected chi connectivity index (χ2v) is 5.83. The summed E-state index contributed by atoms with van der Waals surface area (Å²) in [5.74, 6) is 0.735. The molecule has 0 aromatic rings. The smallest absolute Gasteiger partial charge is 0.225 e. The Morgan fingerprint density at radius 3 is 2.65 bits per heavy atom. The minimum absolute atomic E-state index is 0.0116. The zero-order chi connectivity index (χ0) is 13.1. The summed E-state index contributed by atoms with van der Waals surface area (Å²) in [6.45, 7) is 4.43. The Morgan fingerprint density at radius 2 is 2.12 bits per heavy atom. The lowest BCUT2D eigenvalue weighted by Gasteiger charge is -2.38. The van der Waals surface area contributed by atoms with Crippen molar-refractivity contribution in [2.45, 2.75) is 45.1 Å². The van der Waals surface area contributed by atoms with Gasteiger partial charge in [-0.05, 0) is 45.6 Å². The van der Waals surface area contributed by atoms with Gasteiger partial charge in [-0.2, -0.15) is 0 Å². The summed E-state index contributed by atoms with van der Waals surface area (Å²) in [4.78, 5) is 14.0. The van der Waals surface area contributed by atoms with Crippen LogP contribution in [0.25, 0.3) is 0 Å². The van der Waals surface area contributed by atoms with Gasteiger partial charge < -0.3 is 15.7 Å². The number of amides is 1. The number of carbonyl (C=O) groups is 1. The number of rotatable bonds is 4. The van der Waals surface area contributed by atoms with E-state index in [0.717, 1.165) is 25.7 Å². The van der Waals surface area contributed by atoms with Gasteiger partial charge in [0.25, 0.3) is 0 Å². The molecule has 0 spiro atoms. The second kappa shape index (κ2) is 5.83. The number of nitrogens with two attached hydrogens (primary N) is 1. The number of carbonyl (C=O) groups excluding carboxylic acids is 1. The Bertz CT molecular complexity index is 266. The average molecular weight is 242 g/mol. The third kappa shape index (κ3) is 3.42. The predicted octanol–water partition coefficient (Wildman–Crippen LogP) is 0.981. The second-order valence-electron chi connectivity index (χ2n) is 5.83. The molecular formula is C13H26N2O2. The van der Waals surface area contributed by atoms with Crippen LogP contribution in [0.4, 0.5) is 0 Å². The van der Waals surface area contributed by atoms with Crippen LogP contribution in [0, 0.1) is 11.8 Å². The lowest BCUT2D eigenvalue weighted by molar-refractivity contribution is -0.142. The van der Waals surface area contributed by atoms with Crippen molar-refractivity contribution in [2.75, 3.05) is 20.2 Å². The van der Waals surface area contributed by atoms with Gasteiger partial charge in [0.1, 0.15) is 0 Å². The van der Waals surface area contributed by atoms with E-state index in [1.807, 2.05) is 13.8 Å². The molecule has 100 valence electrons. The van der Waals surface area contributed by atoms with Crippen LogP contribution < -0.4 is 5.73 Å². The molecule has 0 saturated heterocycles. The van der Waals surface area contributed by atoms with Crippen LogP contribution in [0.1, 0.15) is 39.5 Å². The lowest BCUT2D eigenvalue weighted by Crippen LogP contribution is -2.50. The molecule has 17 heavy (non-hydrogen) atoms. The van der Waals surface area contributed by atoms with Gasteiger partial charge in [0.05, 0.1) is 12.1 Å². The minimum Gasteiger partial charge on any atom is -0.394 e. The first kappa shape index (κ1) is 14.5. The highest BCUT2D eigenvalue weighted by Gasteiger charge is 2.34. The number of hydrogen-bond acceptors (Lipinski definition) is 3. The Kier molecular flexibility index (Phi) is 4.95. The van der Waals surface area contributed by atoms with E-state index < -0.39 is 5.54 Å². The fraction of sp³-hybridized carbons (Fsp3) is 0.923. The van der Waals surface area contributed by atoms with Gasteiger partial charge in [-0.25, -0.2) is 0 Å². The number of aliphatic hydroxyl groups is 1. The summed E-state index contributed by atoms with van der Waals surface area (Å²) in [5, 5.41) is 9.30. The standard InChI is InChI=1S/C13H26N2O2/c1-13(2,9-16)15(3)12(17)11-6-4-5-10(7-11)8-14/h10-11,16H,4-9,14H2,1-3H3. The van der Waals surface area contributed by atoms with E-state index >= 15 is 0 Å². The molecule has 4 nitrogen and oxygen atoms in total. The van der Waals surface area contributed by atoms with E-state index in [1.54, 1.807) is 11.9 Å². The van der Waals surface area contributed by atoms with E-state index in [4.69, 9.17) is 5.73 Å². The van der Waals surface area contributed by atoms with Gasteiger partial charge in [0.2, 0.25) is 5.91 Å². The van der Waals surface area contributed by atoms with Gasteiger partial charge >= 0.3 is 0 Å². The third-order valence-electron chi connectivity index (χ3n) is 4.09. The Labute approximate surface area is 104 Å². The van der Waals surface area contributed by atoms with Crippen molar-refractivity contribution in [3.8, 4) is 0 Å². The van der Waals surface area contributed by atoms with Crippen LogP contribution in [0.2, 0.25) is 0 Å². The summed E-state index contributed by atoms with van der Waals surface area (Å²) >= 11 is 0. The quantitative estimate of drug-likeness (QED) is 0.772. The summed E-state index contributed by atoms with van der Waals surface area (Å²) in [7, 11) is 1.78. The van der Waals surface area contributed by atoms with E-state index in [0.29, 0.717) is 12.5 Å². The van der Waals surface area contributed by atoms with Crippen LogP contribution in [0.15, 0.2) is 0 Å². The van der Waals surface area contributed by atoms with Crippen molar-refractivity contribution in [3.63, 3.8) is 0 Å². The molecule has 2 unspecified atom stereocenters. The molecule has 3 N–H and O–H groups in total. The Hall–Kier alpha value is -0.610. The monoisotopic (exact) mass is 242 g/mol. The van der Waals surface area contributed by atoms with Crippen molar-refractivity contribution in [3.05, 3.63) is 0 Å². The maximum absolute atomic E-state index is 12.3. The van der Waals surface area contributed by atoms with E-state index in [2.05, 4.69) is 0 Å². The average Bonchev–Trinajstić information content (AvgIpc) is 2.37. The van der Waals surface area contributed by atoms with Crippen molar-refractivity contribution < 1.29 is 9.90 Å². The first-order chi connectivity index (χ1) is 7.92. The minimum atomic E-state index is -0.479. The van der Waals surface area contributed by atoms with Crippen molar-refractivity contribution in [1.82, 2.24) is 4.90 Å². The van der Waals surface area contributed by atoms with Crippen molar-refractivity contribution in [2.24, 2.45) is 17.6 Å². The predicted molar refractivity (Wildman–Crippen MR) is 68.4 cm³/mol. The molecule has 0 radical (unpaired) electrons. The molecule has 0 aliphatic heterocycles. The molecule has 0 aromatic heterocycles.